The zero-order chi connectivity index (χ0) is 23.8. The van der Waals surface area contributed by atoms with Crippen molar-refractivity contribution < 1.29 is 9.53 Å². The van der Waals surface area contributed by atoms with Crippen molar-refractivity contribution >= 4 is 51.7 Å². The molecule has 9 heteroatoms. The molecular weight excluding hydrogens is 468 g/mol. The maximum atomic E-state index is 13.6. The lowest BCUT2D eigenvalue weighted by Crippen LogP contribution is -2.35. The third kappa shape index (κ3) is 4.65. The molecule has 3 aliphatic rings. The van der Waals surface area contributed by atoms with Crippen molar-refractivity contribution in [3.8, 4) is 0 Å². The van der Waals surface area contributed by atoms with E-state index in [4.69, 9.17) is 21.9 Å². The molecule has 2 aromatic rings. The van der Waals surface area contributed by atoms with Crippen LogP contribution in [-0.2, 0) is 9.53 Å². The Bertz CT molecular complexity index is 1210. The number of aromatic nitrogens is 2. The molecule has 1 saturated carbocycles. The molecular formula is C25H30N4O3S2. The lowest BCUT2D eigenvalue weighted by Gasteiger charge is -2.28. The zero-order valence-corrected chi connectivity index (χ0v) is 21.2. The van der Waals surface area contributed by atoms with E-state index in [-0.39, 0.29) is 23.6 Å². The van der Waals surface area contributed by atoms with E-state index in [9.17, 15) is 9.59 Å². The summed E-state index contributed by atoms with van der Waals surface area (Å²) in [6.45, 7) is 5.42. The largest absolute Gasteiger partial charge is 0.376 e. The van der Waals surface area contributed by atoms with Crippen LogP contribution >= 0.6 is 24.0 Å². The number of anilines is 1. The van der Waals surface area contributed by atoms with Gasteiger partial charge in [0.25, 0.3) is 11.5 Å². The van der Waals surface area contributed by atoms with E-state index in [1.54, 1.807) is 21.6 Å². The summed E-state index contributed by atoms with van der Waals surface area (Å²) in [4.78, 5) is 33.7. The fraction of sp³-hybridized carbons (Fsp3) is 0.520. The SMILES string of the molecule is Cc1cccn2c(=O)c(/C=C3/SC(=S)N(CC4CCCO4)C3=O)c(NC3CCC(C)CC3)nc12. The Morgan fingerprint density at radius 1 is 1.26 bits per heavy atom. The molecule has 2 aromatic heterocycles. The number of pyridine rings is 1. The van der Waals surface area contributed by atoms with E-state index >= 15 is 0 Å². The zero-order valence-electron chi connectivity index (χ0n) is 19.6. The number of carbonyl (C=O) groups excluding carboxylic acids is 1. The number of hydrogen-bond donors (Lipinski definition) is 1. The standard InChI is InChI=1S/C25H30N4O3S2/c1-15-7-9-17(10-8-15)26-21-19(23(30)28-11-3-5-16(2)22(28)27-21)13-20-24(31)29(25(33)34-20)14-18-6-4-12-32-18/h3,5,11,13,15,17-18,26H,4,6-10,12,14H2,1-2H3/b20-13+. The minimum atomic E-state index is -0.190. The highest BCUT2D eigenvalue weighted by atomic mass is 32.2. The van der Waals surface area contributed by atoms with Crippen LogP contribution in [0.3, 0.4) is 0 Å². The first kappa shape index (κ1) is 23.5. The summed E-state index contributed by atoms with van der Waals surface area (Å²) in [6, 6.07) is 4.05. The Labute approximate surface area is 209 Å². The predicted octanol–water partition coefficient (Wildman–Crippen LogP) is 4.37. The highest BCUT2D eigenvalue weighted by Crippen LogP contribution is 2.34. The second-order valence-electron chi connectivity index (χ2n) is 9.59. The highest BCUT2D eigenvalue weighted by molar-refractivity contribution is 8.26. The molecule has 34 heavy (non-hydrogen) atoms. The van der Waals surface area contributed by atoms with E-state index in [1.807, 2.05) is 19.1 Å². The normalized spacial score (nSPS) is 26.7. The van der Waals surface area contributed by atoms with Gasteiger partial charge in [-0.05, 0) is 69.1 Å². The summed E-state index contributed by atoms with van der Waals surface area (Å²) in [6.07, 6.45) is 9.74. The molecule has 5 rings (SSSR count). The molecule has 1 aliphatic carbocycles. The maximum absolute atomic E-state index is 13.6. The molecule has 1 unspecified atom stereocenters. The molecule has 7 nitrogen and oxygen atoms in total. The van der Waals surface area contributed by atoms with E-state index in [0.29, 0.717) is 32.8 Å². The minimum absolute atomic E-state index is 0.0173. The van der Waals surface area contributed by atoms with Gasteiger partial charge in [0.15, 0.2) is 0 Å². The van der Waals surface area contributed by atoms with Gasteiger partial charge in [0.05, 0.1) is 23.1 Å². The third-order valence-electron chi connectivity index (χ3n) is 7.00. The molecule has 0 bridgehead atoms. The fourth-order valence-electron chi connectivity index (χ4n) is 4.93. The fourth-order valence-corrected chi connectivity index (χ4v) is 6.19. The monoisotopic (exact) mass is 498 g/mol. The first-order valence-corrected chi connectivity index (χ1v) is 13.3. The van der Waals surface area contributed by atoms with Crippen molar-refractivity contribution in [3.63, 3.8) is 0 Å². The van der Waals surface area contributed by atoms with Crippen LogP contribution in [0.4, 0.5) is 5.82 Å². The second-order valence-corrected chi connectivity index (χ2v) is 11.3. The lowest BCUT2D eigenvalue weighted by atomic mass is 9.87. The van der Waals surface area contributed by atoms with Crippen LogP contribution in [0.1, 0.15) is 56.6 Å². The number of rotatable bonds is 5. The molecule has 0 aromatic carbocycles. The summed E-state index contributed by atoms with van der Waals surface area (Å²) in [5, 5.41) is 3.54. The number of hydrogen-bond acceptors (Lipinski definition) is 7. The molecule has 0 radical (unpaired) electrons. The predicted molar refractivity (Wildman–Crippen MR) is 140 cm³/mol. The van der Waals surface area contributed by atoms with E-state index in [1.165, 1.54) is 11.8 Å². The molecule has 1 atom stereocenters. The van der Waals surface area contributed by atoms with Crippen LogP contribution in [-0.4, -0.2) is 49.8 Å². The number of amides is 1. The van der Waals surface area contributed by atoms with Gasteiger partial charge in [-0.25, -0.2) is 4.98 Å². The molecule has 0 spiro atoms. The summed E-state index contributed by atoms with van der Waals surface area (Å²) >= 11 is 6.75. The van der Waals surface area contributed by atoms with Crippen molar-refractivity contribution in [1.82, 2.24) is 14.3 Å². The second kappa shape index (κ2) is 9.79. The molecule has 2 saturated heterocycles. The van der Waals surface area contributed by atoms with E-state index < -0.39 is 0 Å². The van der Waals surface area contributed by atoms with Gasteiger partial charge in [-0.15, -0.1) is 0 Å². The number of nitrogens with one attached hydrogen (secondary N) is 1. The lowest BCUT2D eigenvalue weighted by molar-refractivity contribution is -0.123. The highest BCUT2D eigenvalue weighted by Gasteiger charge is 2.35. The third-order valence-corrected chi connectivity index (χ3v) is 8.38. The van der Waals surface area contributed by atoms with Gasteiger partial charge in [0.1, 0.15) is 15.8 Å². The Kier molecular flexibility index (Phi) is 6.77. The Balaban J connectivity index is 1.51. The van der Waals surface area contributed by atoms with Gasteiger partial charge >= 0.3 is 0 Å². The van der Waals surface area contributed by atoms with Gasteiger partial charge in [0, 0.05) is 18.8 Å². The quantitative estimate of drug-likeness (QED) is 0.484. The summed E-state index contributed by atoms with van der Waals surface area (Å²) in [5.74, 6) is 1.10. The smallest absolute Gasteiger partial charge is 0.267 e. The molecule has 4 heterocycles. The number of thiocarbonyl (C=S) groups is 1. The summed E-state index contributed by atoms with van der Waals surface area (Å²) in [5.41, 5.74) is 1.76. The maximum Gasteiger partial charge on any atom is 0.267 e. The number of ether oxygens (including phenoxy) is 1. The molecule has 3 fully saturated rings. The first-order chi connectivity index (χ1) is 16.4. The van der Waals surface area contributed by atoms with Crippen molar-refractivity contribution in [3.05, 3.63) is 44.7 Å². The number of carbonyl (C=O) groups is 1. The summed E-state index contributed by atoms with van der Waals surface area (Å²) in [7, 11) is 0. The van der Waals surface area contributed by atoms with Gasteiger partial charge in [-0.1, -0.05) is 37.0 Å². The van der Waals surface area contributed by atoms with Crippen LogP contribution in [0.2, 0.25) is 0 Å². The molecule has 1 N–H and O–H groups in total. The van der Waals surface area contributed by atoms with Crippen LogP contribution in [0.15, 0.2) is 28.0 Å². The minimum Gasteiger partial charge on any atom is -0.376 e. The molecule has 1 amide bonds. The van der Waals surface area contributed by atoms with Gasteiger partial charge in [0.2, 0.25) is 0 Å². The van der Waals surface area contributed by atoms with Gasteiger partial charge < -0.3 is 10.1 Å². The first-order valence-electron chi connectivity index (χ1n) is 12.1. The van der Waals surface area contributed by atoms with Gasteiger partial charge in [-0.2, -0.15) is 0 Å². The average molecular weight is 499 g/mol. The molecule has 2 aliphatic heterocycles. The van der Waals surface area contributed by atoms with E-state index in [0.717, 1.165) is 56.6 Å². The van der Waals surface area contributed by atoms with Crippen molar-refractivity contribution in [2.45, 2.75) is 64.5 Å². The van der Waals surface area contributed by atoms with Crippen LogP contribution < -0.4 is 10.9 Å². The Morgan fingerprint density at radius 2 is 2.06 bits per heavy atom. The topological polar surface area (TPSA) is 75.9 Å². The summed E-state index contributed by atoms with van der Waals surface area (Å²) < 4.78 is 7.76. The van der Waals surface area contributed by atoms with Crippen molar-refractivity contribution in [2.24, 2.45) is 5.92 Å². The number of fused-ring (bicyclic) bond motifs is 1. The van der Waals surface area contributed by atoms with Crippen LogP contribution in [0.5, 0.6) is 0 Å². The Hall–Kier alpha value is -2.23. The molecule has 180 valence electrons. The van der Waals surface area contributed by atoms with Gasteiger partial charge in [-0.3, -0.25) is 18.9 Å². The Morgan fingerprint density at radius 3 is 2.79 bits per heavy atom. The van der Waals surface area contributed by atoms with Crippen molar-refractivity contribution in [2.75, 3.05) is 18.5 Å². The number of aryl methyl sites for hydroxylation is 1. The van der Waals surface area contributed by atoms with Crippen LogP contribution in [0.25, 0.3) is 11.7 Å². The number of nitrogens with zero attached hydrogens (tertiary/aromatic N) is 3. The average Bonchev–Trinajstić information content (AvgIpc) is 3.42. The van der Waals surface area contributed by atoms with Crippen LogP contribution in [0, 0.1) is 12.8 Å². The number of thioether (sulfide) groups is 1. The van der Waals surface area contributed by atoms with Crippen molar-refractivity contribution in [1.29, 1.82) is 0 Å². The van der Waals surface area contributed by atoms with E-state index in [2.05, 4.69) is 12.2 Å².